The van der Waals surface area contributed by atoms with Gasteiger partial charge in [0.25, 0.3) is 0 Å². The van der Waals surface area contributed by atoms with Crippen molar-refractivity contribution in [1.29, 1.82) is 0 Å². The molecule has 0 radical (unpaired) electrons. The Balaban J connectivity index is 1.50. The van der Waals surface area contributed by atoms with Gasteiger partial charge in [0.05, 0.1) is 6.61 Å². The van der Waals surface area contributed by atoms with Gasteiger partial charge < -0.3 is 28.3 Å². The van der Waals surface area contributed by atoms with E-state index in [0.717, 1.165) is 37.1 Å². The second-order valence-electron chi connectivity index (χ2n) is 8.15. The van der Waals surface area contributed by atoms with Crippen LogP contribution in [0, 0.1) is 0 Å². The SMILES string of the molecule is CCN(CC)CCCOc1ccc(-c2nc3ccc(Oc4ccc(Cl)cc4)cc3o2)cc1OCOC. The molecule has 190 valence electrons. The van der Waals surface area contributed by atoms with Crippen LogP contribution in [-0.2, 0) is 4.74 Å². The van der Waals surface area contributed by atoms with Crippen molar-refractivity contribution in [3.05, 3.63) is 65.7 Å². The molecular weight excluding hydrogens is 480 g/mol. The van der Waals surface area contributed by atoms with Crippen molar-refractivity contribution < 1.29 is 23.4 Å². The van der Waals surface area contributed by atoms with E-state index in [0.29, 0.717) is 46.1 Å². The van der Waals surface area contributed by atoms with Crippen molar-refractivity contribution in [2.75, 3.05) is 40.1 Å². The van der Waals surface area contributed by atoms with E-state index in [9.17, 15) is 0 Å². The average molecular weight is 511 g/mol. The number of ether oxygens (including phenoxy) is 4. The highest BCUT2D eigenvalue weighted by atomic mass is 35.5. The van der Waals surface area contributed by atoms with E-state index in [4.69, 9.17) is 35.0 Å². The van der Waals surface area contributed by atoms with E-state index in [1.54, 1.807) is 19.2 Å². The summed E-state index contributed by atoms with van der Waals surface area (Å²) in [6.07, 6.45) is 0.929. The first-order valence-electron chi connectivity index (χ1n) is 12.0. The van der Waals surface area contributed by atoms with Crippen molar-refractivity contribution >= 4 is 22.7 Å². The highest BCUT2D eigenvalue weighted by Gasteiger charge is 2.14. The second-order valence-corrected chi connectivity index (χ2v) is 8.58. The van der Waals surface area contributed by atoms with Crippen LogP contribution in [0.25, 0.3) is 22.6 Å². The molecule has 0 aliphatic heterocycles. The summed E-state index contributed by atoms with van der Waals surface area (Å²) in [5.74, 6) is 3.04. The second kappa shape index (κ2) is 12.6. The maximum atomic E-state index is 6.06. The Labute approximate surface area is 216 Å². The first-order chi connectivity index (χ1) is 17.6. The Kier molecular flexibility index (Phi) is 9.06. The van der Waals surface area contributed by atoms with Crippen molar-refractivity contribution in [1.82, 2.24) is 9.88 Å². The first kappa shape index (κ1) is 25.8. The van der Waals surface area contributed by atoms with Crippen LogP contribution < -0.4 is 14.2 Å². The zero-order chi connectivity index (χ0) is 25.3. The van der Waals surface area contributed by atoms with E-state index in [2.05, 4.69) is 23.7 Å². The molecule has 1 heterocycles. The van der Waals surface area contributed by atoms with Crippen molar-refractivity contribution in [2.24, 2.45) is 0 Å². The molecule has 0 amide bonds. The molecular formula is C28H31ClN2O5. The fraction of sp³-hybridized carbons (Fsp3) is 0.321. The molecule has 0 N–H and O–H groups in total. The molecule has 0 atom stereocenters. The van der Waals surface area contributed by atoms with Crippen LogP contribution >= 0.6 is 11.6 Å². The molecule has 0 bridgehead atoms. The lowest BCUT2D eigenvalue weighted by Gasteiger charge is -2.18. The van der Waals surface area contributed by atoms with Gasteiger partial charge in [-0.05, 0) is 74.1 Å². The number of rotatable bonds is 13. The lowest BCUT2D eigenvalue weighted by atomic mass is 10.2. The van der Waals surface area contributed by atoms with Crippen LogP contribution in [0.1, 0.15) is 20.3 Å². The number of oxazole rings is 1. The molecule has 1 aromatic heterocycles. The molecule has 3 aromatic carbocycles. The van der Waals surface area contributed by atoms with E-state index in [1.807, 2.05) is 48.5 Å². The lowest BCUT2D eigenvalue weighted by Crippen LogP contribution is -2.25. The molecule has 7 nitrogen and oxygen atoms in total. The third kappa shape index (κ3) is 6.69. The summed E-state index contributed by atoms with van der Waals surface area (Å²) in [4.78, 5) is 7.00. The molecule has 4 aromatic rings. The highest BCUT2D eigenvalue weighted by Crippen LogP contribution is 2.35. The van der Waals surface area contributed by atoms with Crippen LogP contribution in [-0.4, -0.2) is 50.0 Å². The van der Waals surface area contributed by atoms with Gasteiger partial charge in [0, 0.05) is 30.3 Å². The van der Waals surface area contributed by atoms with Crippen molar-refractivity contribution in [2.45, 2.75) is 20.3 Å². The van der Waals surface area contributed by atoms with Crippen molar-refractivity contribution in [3.63, 3.8) is 0 Å². The van der Waals surface area contributed by atoms with Gasteiger partial charge >= 0.3 is 0 Å². The molecule has 0 saturated heterocycles. The summed E-state index contributed by atoms with van der Waals surface area (Å²) in [6, 6.07) is 18.4. The number of halogens is 1. The minimum absolute atomic E-state index is 0.109. The van der Waals surface area contributed by atoms with E-state index < -0.39 is 0 Å². The summed E-state index contributed by atoms with van der Waals surface area (Å²) < 4.78 is 28.9. The maximum absolute atomic E-state index is 6.06. The Bertz CT molecular complexity index is 1250. The van der Waals surface area contributed by atoms with Gasteiger partial charge in [-0.1, -0.05) is 25.4 Å². The molecule has 0 spiro atoms. The number of hydrogen-bond acceptors (Lipinski definition) is 7. The fourth-order valence-electron chi connectivity index (χ4n) is 3.74. The quantitative estimate of drug-likeness (QED) is 0.141. The van der Waals surface area contributed by atoms with Crippen LogP contribution in [0.3, 0.4) is 0 Å². The zero-order valence-electron chi connectivity index (χ0n) is 20.8. The average Bonchev–Trinajstić information content (AvgIpc) is 3.33. The number of benzene rings is 3. The summed E-state index contributed by atoms with van der Waals surface area (Å²) in [5, 5.41) is 0.655. The minimum atomic E-state index is 0.109. The third-order valence-electron chi connectivity index (χ3n) is 5.70. The monoisotopic (exact) mass is 510 g/mol. The highest BCUT2D eigenvalue weighted by molar-refractivity contribution is 6.30. The van der Waals surface area contributed by atoms with Crippen LogP contribution in [0.5, 0.6) is 23.0 Å². The molecule has 8 heteroatoms. The zero-order valence-corrected chi connectivity index (χ0v) is 21.6. The van der Waals surface area contributed by atoms with Gasteiger partial charge in [0.2, 0.25) is 5.89 Å². The molecule has 0 aliphatic carbocycles. The van der Waals surface area contributed by atoms with Crippen molar-refractivity contribution in [3.8, 4) is 34.5 Å². The Morgan fingerprint density at radius 3 is 2.42 bits per heavy atom. The van der Waals surface area contributed by atoms with E-state index in [-0.39, 0.29) is 6.79 Å². The Morgan fingerprint density at radius 2 is 1.67 bits per heavy atom. The number of fused-ring (bicyclic) bond motifs is 1. The van der Waals surface area contributed by atoms with Gasteiger partial charge in [0.15, 0.2) is 23.9 Å². The van der Waals surface area contributed by atoms with E-state index in [1.165, 1.54) is 0 Å². The third-order valence-corrected chi connectivity index (χ3v) is 5.95. The predicted molar refractivity (Wildman–Crippen MR) is 141 cm³/mol. The summed E-state index contributed by atoms with van der Waals surface area (Å²) in [7, 11) is 1.58. The minimum Gasteiger partial charge on any atom is -0.490 e. The molecule has 0 aliphatic rings. The number of nitrogens with zero attached hydrogens (tertiary/aromatic N) is 2. The molecule has 0 saturated carbocycles. The van der Waals surface area contributed by atoms with Crippen LogP contribution in [0.4, 0.5) is 0 Å². The van der Waals surface area contributed by atoms with Gasteiger partial charge in [-0.2, -0.15) is 0 Å². The molecule has 4 rings (SSSR count). The Hall–Kier alpha value is -3.26. The standard InChI is InChI=1S/C28H31ClN2O5/c1-4-31(5-2)15-6-16-33-25-14-7-20(17-27(25)34-19-32-3)28-30-24-13-12-23(18-26(24)36-28)35-22-10-8-21(29)9-11-22/h7-14,17-18H,4-6,15-16,19H2,1-3H3. The van der Waals surface area contributed by atoms with Gasteiger partial charge in [-0.25, -0.2) is 4.98 Å². The predicted octanol–water partition coefficient (Wildman–Crippen LogP) is 7.03. The van der Waals surface area contributed by atoms with Gasteiger partial charge in [0.1, 0.15) is 17.0 Å². The summed E-state index contributed by atoms with van der Waals surface area (Å²) in [6.45, 7) is 8.10. The molecule has 36 heavy (non-hydrogen) atoms. The summed E-state index contributed by atoms with van der Waals surface area (Å²) in [5.41, 5.74) is 2.12. The maximum Gasteiger partial charge on any atom is 0.227 e. The van der Waals surface area contributed by atoms with Gasteiger partial charge in [-0.3, -0.25) is 0 Å². The smallest absolute Gasteiger partial charge is 0.227 e. The largest absolute Gasteiger partial charge is 0.490 e. The number of methoxy groups -OCH3 is 1. The normalized spacial score (nSPS) is 11.2. The Morgan fingerprint density at radius 1 is 0.889 bits per heavy atom. The first-order valence-corrected chi connectivity index (χ1v) is 12.4. The van der Waals surface area contributed by atoms with Crippen LogP contribution in [0.2, 0.25) is 5.02 Å². The fourth-order valence-corrected chi connectivity index (χ4v) is 3.86. The van der Waals surface area contributed by atoms with Crippen LogP contribution in [0.15, 0.2) is 65.1 Å². The van der Waals surface area contributed by atoms with Gasteiger partial charge in [-0.15, -0.1) is 0 Å². The molecule has 0 unspecified atom stereocenters. The molecule has 0 fully saturated rings. The number of hydrogen-bond donors (Lipinski definition) is 0. The number of aromatic nitrogens is 1. The van der Waals surface area contributed by atoms with E-state index >= 15 is 0 Å². The topological polar surface area (TPSA) is 66.2 Å². The summed E-state index contributed by atoms with van der Waals surface area (Å²) >= 11 is 5.95. The lowest BCUT2D eigenvalue weighted by molar-refractivity contribution is 0.0485.